The minimum Gasteiger partial charge on any atom is -0.506 e. The van der Waals surface area contributed by atoms with Crippen LogP contribution in [0.5, 0.6) is 5.75 Å². The quantitative estimate of drug-likeness (QED) is 0.575. The first-order chi connectivity index (χ1) is 9.25. The van der Waals surface area contributed by atoms with Crippen LogP contribution < -0.4 is 5.63 Å². The number of fused-ring (bicyclic) bond motifs is 1. The molecule has 3 rings (SSSR count). The first kappa shape index (κ1) is 11.6. The van der Waals surface area contributed by atoms with Crippen molar-refractivity contribution < 1.29 is 9.52 Å². The molecular formula is C13H8N2O3S. The van der Waals surface area contributed by atoms with E-state index < -0.39 is 5.63 Å². The van der Waals surface area contributed by atoms with Crippen LogP contribution in [0.4, 0.5) is 5.13 Å². The van der Waals surface area contributed by atoms with Crippen molar-refractivity contribution in [2.45, 2.75) is 0 Å². The SMILES string of the molecule is O=c1oc2ccccc2c(O)c1/C=N/c1nccs1. The van der Waals surface area contributed by atoms with Crippen molar-refractivity contribution in [1.29, 1.82) is 0 Å². The van der Waals surface area contributed by atoms with Gasteiger partial charge in [-0.1, -0.05) is 12.1 Å². The lowest BCUT2D eigenvalue weighted by molar-refractivity contribution is 0.466. The Bertz CT molecular complexity index is 806. The van der Waals surface area contributed by atoms with E-state index in [0.717, 1.165) is 0 Å². The second-order valence-corrected chi connectivity index (χ2v) is 4.59. The predicted molar refractivity (Wildman–Crippen MR) is 73.5 cm³/mol. The fourth-order valence-electron chi connectivity index (χ4n) is 1.66. The van der Waals surface area contributed by atoms with E-state index in [2.05, 4.69) is 9.98 Å². The molecule has 0 fully saturated rings. The largest absolute Gasteiger partial charge is 0.506 e. The molecule has 0 saturated carbocycles. The predicted octanol–water partition coefficient (Wildman–Crippen LogP) is 2.71. The zero-order valence-corrected chi connectivity index (χ0v) is 10.4. The molecule has 0 unspecified atom stereocenters. The molecule has 0 aliphatic heterocycles. The molecule has 0 saturated heterocycles. The number of hydrogen-bond acceptors (Lipinski definition) is 6. The molecule has 19 heavy (non-hydrogen) atoms. The molecule has 0 radical (unpaired) electrons. The van der Waals surface area contributed by atoms with E-state index in [-0.39, 0.29) is 11.3 Å². The lowest BCUT2D eigenvalue weighted by Crippen LogP contribution is -2.06. The Hall–Kier alpha value is -2.47. The van der Waals surface area contributed by atoms with Gasteiger partial charge < -0.3 is 9.52 Å². The number of aromatic nitrogens is 1. The first-order valence-electron chi connectivity index (χ1n) is 5.44. The van der Waals surface area contributed by atoms with Gasteiger partial charge in [-0.25, -0.2) is 14.8 Å². The van der Waals surface area contributed by atoms with Crippen LogP contribution >= 0.6 is 11.3 Å². The zero-order valence-electron chi connectivity index (χ0n) is 9.61. The molecule has 0 atom stereocenters. The highest BCUT2D eigenvalue weighted by atomic mass is 32.1. The summed E-state index contributed by atoms with van der Waals surface area (Å²) in [7, 11) is 0. The van der Waals surface area contributed by atoms with Gasteiger partial charge >= 0.3 is 5.63 Å². The Kier molecular flexibility index (Phi) is 2.85. The van der Waals surface area contributed by atoms with Crippen LogP contribution in [0.3, 0.4) is 0 Å². The maximum absolute atomic E-state index is 11.8. The van der Waals surface area contributed by atoms with Crippen LogP contribution in [0.2, 0.25) is 0 Å². The van der Waals surface area contributed by atoms with Gasteiger partial charge in [-0.05, 0) is 12.1 Å². The van der Waals surface area contributed by atoms with E-state index in [1.54, 1.807) is 35.8 Å². The minimum atomic E-state index is -0.628. The first-order valence-corrected chi connectivity index (χ1v) is 6.32. The van der Waals surface area contributed by atoms with Crippen LogP contribution in [0.25, 0.3) is 11.0 Å². The Balaban J connectivity index is 2.16. The van der Waals surface area contributed by atoms with E-state index in [0.29, 0.717) is 16.1 Å². The summed E-state index contributed by atoms with van der Waals surface area (Å²) in [4.78, 5) is 19.8. The van der Waals surface area contributed by atoms with Crippen molar-refractivity contribution >= 4 is 33.7 Å². The number of aliphatic imine (C=N–C) groups is 1. The summed E-state index contributed by atoms with van der Waals surface area (Å²) in [6, 6.07) is 6.78. The summed E-state index contributed by atoms with van der Waals surface area (Å²) >= 11 is 1.33. The van der Waals surface area contributed by atoms with E-state index >= 15 is 0 Å². The van der Waals surface area contributed by atoms with Gasteiger partial charge in [0.2, 0.25) is 5.13 Å². The van der Waals surface area contributed by atoms with Crippen LogP contribution in [0, 0.1) is 0 Å². The van der Waals surface area contributed by atoms with Crippen LogP contribution in [0.1, 0.15) is 5.56 Å². The summed E-state index contributed by atoms with van der Waals surface area (Å²) in [5.41, 5.74) is -0.262. The van der Waals surface area contributed by atoms with Gasteiger partial charge in [0.15, 0.2) is 0 Å². The number of thiazole rings is 1. The number of nitrogens with zero attached hydrogens (tertiary/aromatic N) is 2. The second kappa shape index (κ2) is 4.66. The lowest BCUT2D eigenvalue weighted by atomic mass is 10.1. The molecule has 1 aromatic carbocycles. The van der Waals surface area contributed by atoms with E-state index in [9.17, 15) is 9.90 Å². The summed E-state index contributed by atoms with van der Waals surface area (Å²) < 4.78 is 5.12. The molecule has 0 amide bonds. The fourth-order valence-corrected chi connectivity index (χ4v) is 2.14. The van der Waals surface area contributed by atoms with Crippen molar-refractivity contribution in [2.24, 2.45) is 4.99 Å². The van der Waals surface area contributed by atoms with E-state index in [4.69, 9.17) is 4.42 Å². The van der Waals surface area contributed by atoms with Crippen LogP contribution in [-0.2, 0) is 0 Å². The highest BCUT2D eigenvalue weighted by molar-refractivity contribution is 7.13. The van der Waals surface area contributed by atoms with Gasteiger partial charge in [0, 0.05) is 17.8 Å². The molecule has 0 aliphatic rings. The van der Waals surface area contributed by atoms with Gasteiger partial charge in [-0.2, -0.15) is 0 Å². The Morgan fingerprint density at radius 3 is 3.00 bits per heavy atom. The Morgan fingerprint density at radius 2 is 2.21 bits per heavy atom. The van der Waals surface area contributed by atoms with Crippen molar-refractivity contribution in [3.63, 3.8) is 0 Å². The molecule has 94 valence electrons. The van der Waals surface area contributed by atoms with Crippen molar-refractivity contribution in [1.82, 2.24) is 4.98 Å². The average Bonchev–Trinajstić information content (AvgIpc) is 2.92. The third-order valence-electron chi connectivity index (χ3n) is 2.54. The van der Waals surface area contributed by atoms with Gasteiger partial charge in [0.25, 0.3) is 0 Å². The number of hydrogen-bond donors (Lipinski definition) is 1. The maximum atomic E-state index is 11.8. The van der Waals surface area contributed by atoms with Gasteiger partial charge in [0.1, 0.15) is 16.9 Å². The lowest BCUT2D eigenvalue weighted by Gasteiger charge is -2.01. The molecule has 2 aromatic heterocycles. The number of aromatic hydroxyl groups is 1. The molecule has 5 nitrogen and oxygen atoms in total. The summed E-state index contributed by atoms with van der Waals surface area (Å²) in [5.74, 6) is -0.132. The van der Waals surface area contributed by atoms with Gasteiger partial charge in [0.05, 0.1) is 5.39 Å². The topological polar surface area (TPSA) is 75.7 Å². The summed E-state index contributed by atoms with van der Waals surface area (Å²) in [6.45, 7) is 0. The standard InChI is InChI=1S/C13H8N2O3S/c16-11-8-3-1-2-4-10(8)18-12(17)9(11)7-15-13-14-5-6-19-13/h1-7,16H/b15-7+. The smallest absolute Gasteiger partial charge is 0.348 e. The van der Waals surface area contributed by atoms with E-state index in [1.165, 1.54) is 17.6 Å². The van der Waals surface area contributed by atoms with Crippen LogP contribution in [-0.4, -0.2) is 16.3 Å². The van der Waals surface area contributed by atoms with Gasteiger partial charge in [-0.3, -0.25) is 0 Å². The minimum absolute atomic E-state index is 0.0221. The highest BCUT2D eigenvalue weighted by Crippen LogP contribution is 2.25. The van der Waals surface area contributed by atoms with Crippen molar-refractivity contribution in [3.05, 3.63) is 51.8 Å². The summed E-state index contributed by atoms with van der Waals surface area (Å²) in [6.07, 6.45) is 2.88. The van der Waals surface area contributed by atoms with Gasteiger partial charge in [-0.15, -0.1) is 11.3 Å². The molecule has 1 N–H and O–H groups in total. The molecule has 0 spiro atoms. The Morgan fingerprint density at radius 1 is 1.37 bits per heavy atom. The van der Waals surface area contributed by atoms with Crippen molar-refractivity contribution in [2.75, 3.05) is 0 Å². The van der Waals surface area contributed by atoms with Crippen LogP contribution in [0.15, 0.2) is 50.0 Å². The normalized spacial score (nSPS) is 11.4. The molecule has 0 aliphatic carbocycles. The third-order valence-corrected chi connectivity index (χ3v) is 3.22. The maximum Gasteiger partial charge on any atom is 0.348 e. The van der Waals surface area contributed by atoms with E-state index in [1.807, 2.05) is 0 Å². The monoisotopic (exact) mass is 272 g/mol. The highest BCUT2D eigenvalue weighted by Gasteiger charge is 2.11. The summed E-state index contributed by atoms with van der Waals surface area (Å²) in [5, 5.41) is 12.8. The second-order valence-electron chi connectivity index (χ2n) is 3.72. The molecule has 2 heterocycles. The third kappa shape index (κ3) is 2.13. The van der Waals surface area contributed by atoms with Crippen molar-refractivity contribution in [3.8, 4) is 5.75 Å². The zero-order chi connectivity index (χ0) is 13.2. The molecular weight excluding hydrogens is 264 g/mol. The number of benzene rings is 1. The number of rotatable bonds is 2. The molecule has 0 bridgehead atoms. The molecule has 3 aromatic rings. The fraction of sp³-hybridized carbons (Fsp3) is 0. The molecule has 6 heteroatoms. The average molecular weight is 272 g/mol. The Labute approximate surface area is 111 Å². The number of para-hydroxylation sites is 1.